The van der Waals surface area contributed by atoms with Crippen molar-refractivity contribution in [3.63, 3.8) is 0 Å². The van der Waals surface area contributed by atoms with Crippen molar-refractivity contribution in [2.75, 3.05) is 6.61 Å². The number of hydrogen-bond donors (Lipinski definition) is 7. The van der Waals surface area contributed by atoms with Crippen LogP contribution in [0.1, 0.15) is 13.8 Å². The van der Waals surface area contributed by atoms with Gasteiger partial charge in [0.1, 0.15) is 30.6 Å². The second-order valence-corrected chi connectivity index (χ2v) is 4.10. The number of carbonyl (C=O) groups excluding carboxylic acids is 2. The van der Waals surface area contributed by atoms with Gasteiger partial charge >= 0.3 is 0 Å². The molecule has 0 fully saturated rings. The van der Waals surface area contributed by atoms with Gasteiger partial charge in [0.2, 0.25) is 11.8 Å². The summed E-state index contributed by atoms with van der Waals surface area (Å²) >= 11 is 0. The highest BCUT2D eigenvalue weighted by atomic mass is 16.4. The maximum atomic E-state index is 10.9. The van der Waals surface area contributed by atoms with Gasteiger partial charge in [-0.15, -0.1) is 0 Å². The molecule has 0 saturated heterocycles. The molecule has 0 rings (SSSR count). The Labute approximate surface area is 109 Å². The molecule has 0 aromatic rings. The monoisotopic (exact) mass is 280 g/mol. The fourth-order valence-electron chi connectivity index (χ4n) is 1.38. The molecule has 0 bridgehead atoms. The van der Waals surface area contributed by atoms with E-state index in [9.17, 15) is 24.9 Å². The Kier molecular flexibility index (Phi) is 7.49. The molecule has 0 radical (unpaired) electrons. The summed E-state index contributed by atoms with van der Waals surface area (Å²) in [7, 11) is 0. The first-order valence-corrected chi connectivity index (χ1v) is 5.58. The van der Waals surface area contributed by atoms with Gasteiger partial charge in [-0.1, -0.05) is 0 Å². The van der Waals surface area contributed by atoms with Crippen LogP contribution in [0.25, 0.3) is 0 Å². The zero-order chi connectivity index (χ0) is 15.2. The molecule has 9 heteroatoms. The Bertz CT molecular complexity index is 296. The molecule has 0 saturated carbocycles. The minimum absolute atomic E-state index is 0.581. The van der Waals surface area contributed by atoms with Crippen molar-refractivity contribution in [3.8, 4) is 0 Å². The normalized spacial score (nSPS) is 17.5. The largest absolute Gasteiger partial charge is 0.394 e. The summed E-state index contributed by atoms with van der Waals surface area (Å²) in [5.74, 6) is -1.16. The van der Waals surface area contributed by atoms with E-state index in [1.165, 1.54) is 0 Å². The smallest absolute Gasteiger partial charge is 0.218 e. The van der Waals surface area contributed by atoms with E-state index in [1.807, 2.05) is 0 Å². The average Bonchev–Trinajstić information content (AvgIpc) is 2.33. The van der Waals surface area contributed by atoms with Crippen LogP contribution < -0.4 is 10.6 Å². The van der Waals surface area contributed by atoms with E-state index in [1.54, 1.807) is 0 Å². The Balaban J connectivity index is 4.80. The van der Waals surface area contributed by atoms with Gasteiger partial charge in [-0.05, 0) is 0 Å². The lowest BCUT2D eigenvalue weighted by Gasteiger charge is -2.31. The molecule has 0 aromatic heterocycles. The number of carbonyl (C=O) groups is 2. The van der Waals surface area contributed by atoms with E-state index in [2.05, 4.69) is 10.6 Å². The predicted octanol–water partition coefficient (Wildman–Crippen LogP) is -3.98. The maximum absolute atomic E-state index is 10.9. The topological polar surface area (TPSA) is 159 Å². The van der Waals surface area contributed by atoms with Crippen LogP contribution in [0.2, 0.25) is 0 Å². The third-order valence-electron chi connectivity index (χ3n) is 2.34. The molecule has 0 heterocycles. The SMILES string of the molecule is CC(=O)NC(NC(C)=O)[C@H](O)[C@@H](O)[C@H](O)[C@H](O)CO. The number of amides is 2. The molecule has 0 aromatic carbocycles. The van der Waals surface area contributed by atoms with Crippen LogP contribution in [0.15, 0.2) is 0 Å². The van der Waals surface area contributed by atoms with Crippen molar-refractivity contribution >= 4 is 11.8 Å². The molecule has 9 nitrogen and oxygen atoms in total. The van der Waals surface area contributed by atoms with Crippen LogP contribution in [0, 0.1) is 0 Å². The van der Waals surface area contributed by atoms with Gasteiger partial charge in [0, 0.05) is 13.8 Å². The van der Waals surface area contributed by atoms with Crippen LogP contribution in [0.3, 0.4) is 0 Å². The van der Waals surface area contributed by atoms with Crippen molar-refractivity contribution < 1.29 is 35.1 Å². The Hall–Kier alpha value is -1.26. The predicted molar refractivity (Wildman–Crippen MR) is 62.5 cm³/mol. The first kappa shape index (κ1) is 17.7. The molecule has 2 amide bonds. The standard InChI is InChI=1S/C10H20N2O7/c1-4(14)11-10(12-5(2)15)9(19)8(18)7(17)6(16)3-13/h6-10,13,16-19H,3H2,1-2H3,(H,11,14)(H,12,15)/t6-,7-,8+,9-/m1/s1. The van der Waals surface area contributed by atoms with Crippen molar-refractivity contribution in [2.24, 2.45) is 0 Å². The van der Waals surface area contributed by atoms with Crippen molar-refractivity contribution in [2.45, 2.75) is 44.4 Å². The minimum Gasteiger partial charge on any atom is -0.394 e. The highest BCUT2D eigenvalue weighted by Gasteiger charge is 2.35. The summed E-state index contributed by atoms with van der Waals surface area (Å²) < 4.78 is 0. The van der Waals surface area contributed by atoms with Gasteiger partial charge in [0.15, 0.2) is 0 Å². The van der Waals surface area contributed by atoms with Crippen molar-refractivity contribution in [1.82, 2.24) is 10.6 Å². The number of aliphatic hydroxyl groups excluding tert-OH is 5. The molecular weight excluding hydrogens is 260 g/mol. The van der Waals surface area contributed by atoms with Gasteiger partial charge in [-0.3, -0.25) is 9.59 Å². The van der Waals surface area contributed by atoms with Crippen LogP contribution in [0.5, 0.6) is 0 Å². The number of hydrogen-bond acceptors (Lipinski definition) is 7. The van der Waals surface area contributed by atoms with Crippen LogP contribution in [0.4, 0.5) is 0 Å². The highest BCUT2D eigenvalue weighted by molar-refractivity contribution is 5.76. The van der Waals surface area contributed by atoms with Gasteiger partial charge in [0.25, 0.3) is 0 Å². The Morgan fingerprint density at radius 2 is 1.32 bits per heavy atom. The van der Waals surface area contributed by atoms with E-state index in [-0.39, 0.29) is 0 Å². The van der Waals surface area contributed by atoms with Crippen LogP contribution in [-0.2, 0) is 9.59 Å². The van der Waals surface area contributed by atoms with E-state index in [0.29, 0.717) is 0 Å². The van der Waals surface area contributed by atoms with Gasteiger partial charge < -0.3 is 36.2 Å². The molecular formula is C10H20N2O7. The maximum Gasteiger partial charge on any atom is 0.218 e. The Morgan fingerprint density at radius 3 is 1.63 bits per heavy atom. The van der Waals surface area contributed by atoms with Crippen molar-refractivity contribution in [3.05, 3.63) is 0 Å². The lowest BCUT2D eigenvalue weighted by atomic mass is 10.0. The summed E-state index contributed by atoms with van der Waals surface area (Å²) in [5, 5.41) is 50.9. The fraction of sp³-hybridized carbons (Fsp3) is 0.800. The number of aliphatic hydroxyl groups is 5. The van der Waals surface area contributed by atoms with Crippen LogP contribution >= 0.6 is 0 Å². The summed E-state index contributed by atoms with van der Waals surface area (Å²) in [4.78, 5) is 21.8. The van der Waals surface area contributed by atoms with E-state index in [4.69, 9.17) is 10.2 Å². The number of rotatable bonds is 7. The first-order valence-electron chi connectivity index (χ1n) is 5.58. The van der Waals surface area contributed by atoms with Gasteiger partial charge in [-0.25, -0.2) is 0 Å². The Morgan fingerprint density at radius 1 is 0.895 bits per heavy atom. The quantitative estimate of drug-likeness (QED) is 0.234. The van der Waals surface area contributed by atoms with Gasteiger partial charge in [0.05, 0.1) is 6.61 Å². The number of nitrogens with one attached hydrogen (secondary N) is 2. The molecule has 0 aliphatic heterocycles. The summed E-state index contributed by atoms with van der Waals surface area (Å²) in [5.41, 5.74) is 0. The lowest BCUT2D eigenvalue weighted by molar-refractivity contribution is -0.136. The second-order valence-electron chi connectivity index (χ2n) is 4.10. The van der Waals surface area contributed by atoms with E-state index >= 15 is 0 Å². The van der Waals surface area contributed by atoms with E-state index < -0.39 is 49.0 Å². The van der Waals surface area contributed by atoms with Crippen LogP contribution in [-0.4, -0.2) is 74.5 Å². The molecule has 7 N–H and O–H groups in total. The van der Waals surface area contributed by atoms with E-state index in [0.717, 1.165) is 13.8 Å². The molecule has 0 spiro atoms. The third-order valence-corrected chi connectivity index (χ3v) is 2.34. The summed E-state index contributed by atoms with van der Waals surface area (Å²) in [6, 6.07) is 0. The lowest BCUT2D eigenvalue weighted by Crippen LogP contribution is -2.60. The molecule has 19 heavy (non-hydrogen) atoms. The molecule has 4 atom stereocenters. The second kappa shape index (κ2) is 8.02. The zero-order valence-corrected chi connectivity index (χ0v) is 10.6. The summed E-state index contributed by atoms with van der Waals surface area (Å²) in [6.45, 7) is 1.44. The molecule has 0 aliphatic rings. The van der Waals surface area contributed by atoms with Crippen molar-refractivity contribution in [1.29, 1.82) is 0 Å². The first-order chi connectivity index (χ1) is 8.70. The third kappa shape index (κ3) is 5.94. The highest BCUT2D eigenvalue weighted by Crippen LogP contribution is 2.07. The van der Waals surface area contributed by atoms with Gasteiger partial charge in [-0.2, -0.15) is 0 Å². The zero-order valence-electron chi connectivity index (χ0n) is 10.6. The fourth-order valence-corrected chi connectivity index (χ4v) is 1.38. The molecule has 0 unspecified atom stereocenters. The average molecular weight is 280 g/mol. The summed E-state index contributed by atoms with van der Waals surface area (Å²) in [6.07, 6.45) is -8.51. The minimum atomic E-state index is -1.88. The molecule has 112 valence electrons. The molecule has 0 aliphatic carbocycles.